The van der Waals surface area contributed by atoms with E-state index in [1.54, 1.807) is 25.3 Å². The number of hydrogen-bond acceptors (Lipinski definition) is 3. The summed E-state index contributed by atoms with van der Waals surface area (Å²) in [5.41, 5.74) is 4.18. The number of nitrogens with zero attached hydrogens (tertiary/aromatic N) is 1. The molecule has 4 rings (SSSR count). The van der Waals surface area contributed by atoms with E-state index in [1.807, 2.05) is 25.1 Å². The van der Waals surface area contributed by atoms with Gasteiger partial charge in [-0.1, -0.05) is 23.2 Å². The van der Waals surface area contributed by atoms with Crippen molar-refractivity contribution in [3.8, 4) is 5.75 Å². The maximum absolute atomic E-state index is 13.8. The van der Waals surface area contributed by atoms with Gasteiger partial charge >= 0.3 is 0 Å². The first-order chi connectivity index (χ1) is 14.9. The molecule has 0 aromatic heterocycles. The predicted octanol–water partition coefficient (Wildman–Crippen LogP) is 5.85. The molecule has 1 unspecified atom stereocenters. The molecule has 0 spiro atoms. The first-order valence-corrected chi connectivity index (χ1v) is 10.4. The SMILES string of the molecule is COc1ccc(C2=NC(Cc3cc(F)ccc3Cl)C(=O)Nc3ccc(Cl)cc32)cc1C. The van der Waals surface area contributed by atoms with Crippen molar-refractivity contribution >= 4 is 40.5 Å². The number of hydrogen-bond donors (Lipinski definition) is 1. The Balaban J connectivity index is 1.85. The second-order valence-electron chi connectivity index (χ2n) is 7.30. The zero-order valence-corrected chi connectivity index (χ0v) is 18.4. The number of nitrogens with one attached hydrogen (secondary N) is 1. The largest absolute Gasteiger partial charge is 0.496 e. The Hall–Kier alpha value is -2.89. The fourth-order valence-electron chi connectivity index (χ4n) is 3.62. The van der Waals surface area contributed by atoms with Crippen molar-refractivity contribution in [2.75, 3.05) is 12.4 Å². The van der Waals surface area contributed by atoms with E-state index in [9.17, 15) is 9.18 Å². The minimum Gasteiger partial charge on any atom is -0.496 e. The summed E-state index contributed by atoms with van der Waals surface area (Å²) in [5.74, 6) is 0.0317. The fourth-order valence-corrected chi connectivity index (χ4v) is 3.99. The summed E-state index contributed by atoms with van der Waals surface area (Å²) >= 11 is 12.5. The molecule has 1 heterocycles. The van der Waals surface area contributed by atoms with Crippen molar-refractivity contribution in [3.63, 3.8) is 0 Å². The minimum atomic E-state index is -0.803. The van der Waals surface area contributed by atoms with Crippen LogP contribution >= 0.6 is 23.2 Å². The second kappa shape index (κ2) is 8.69. The molecule has 4 nitrogen and oxygen atoms in total. The van der Waals surface area contributed by atoms with Crippen LogP contribution in [-0.4, -0.2) is 24.8 Å². The van der Waals surface area contributed by atoms with E-state index in [-0.39, 0.29) is 12.3 Å². The number of benzodiazepines with no additional fused rings is 1. The maximum atomic E-state index is 13.8. The van der Waals surface area contributed by atoms with Gasteiger partial charge in [0.1, 0.15) is 17.6 Å². The van der Waals surface area contributed by atoms with Crippen molar-refractivity contribution in [2.45, 2.75) is 19.4 Å². The number of aliphatic imine (C=N–C) groups is 1. The monoisotopic (exact) mass is 456 g/mol. The molecule has 0 radical (unpaired) electrons. The van der Waals surface area contributed by atoms with Crippen LogP contribution in [-0.2, 0) is 11.2 Å². The van der Waals surface area contributed by atoms with Crippen LogP contribution in [0.2, 0.25) is 10.0 Å². The van der Waals surface area contributed by atoms with E-state index in [0.29, 0.717) is 32.6 Å². The van der Waals surface area contributed by atoms with Gasteiger partial charge in [0, 0.05) is 27.6 Å². The Labute approximate surface area is 189 Å². The molecule has 3 aromatic carbocycles. The van der Waals surface area contributed by atoms with Crippen molar-refractivity contribution < 1.29 is 13.9 Å². The van der Waals surface area contributed by atoms with Crippen molar-refractivity contribution in [1.82, 2.24) is 0 Å². The third-order valence-corrected chi connectivity index (χ3v) is 5.78. The summed E-state index contributed by atoms with van der Waals surface area (Å²) in [7, 11) is 1.61. The smallest absolute Gasteiger partial charge is 0.249 e. The van der Waals surface area contributed by atoms with Gasteiger partial charge in [0.25, 0.3) is 0 Å². The van der Waals surface area contributed by atoms with E-state index in [0.717, 1.165) is 16.9 Å². The summed E-state index contributed by atoms with van der Waals surface area (Å²) in [6, 6.07) is 14.2. The van der Waals surface area contributed by atoms with Crippen molar-refractivity contribution in [3.05, 3.63) is 92.7 Å². The molecular formula is C24H19Cl2FN2O2. The van der Waals surface area contributed by atoms with Gasteiger partial charge in [0.15, 0.2) is 0 Å². The lowest BCUT2D eigenvalue weighted by molar-refractivity contribution is -0.117. The summed E-state index contributed by atoms with van der Waals surface area (Å²) in [6.07, 6.45) is 0.156. The molecule has 1 aliphatic heterocycles. The molecule has 0 bridgehead atoms. The Bertz CT molecular complexity index is 1210. The number of methoxy groups -OCH3 is 1. The molecule has 1 atom stereocenters. The molecule has 1 N–H and O–H groups in total. The number of carbonyl (C=O) groups excluding carboxylic acids is 1. The number of carbonyl (C=O) groups is 1. The molecule has 0 saturated heterocycles. The molecular weight excluding hydrogens is 438 g/mol. The predicted molar refractivity (Wildman–Crippen MR) is 122 cm³/mol. The van der Waals surface area contributed by atoms with Crippen LogP contribution in [0, 0.1) is 12.7 Å². The normalized spacial score (nSPS) is 15.6. The van der Waals surface area contributed by atoms with Gasteiger partial charge in [0.05, 0.1) is 18.5 Å². The molecule has 31 heavy (non-hydrogen) atoms. The zero-order valence-electron chi connectivity index (χ0n) is 16.9. The Morgan fingerprint density at radius 1 is 1.10 bits per heavy atom. The average Bonchev–Trinajstić information content (AvgIpc) is 2.87. The molecule has 0 fully saturated rings. The van der Waals surface area contributed by atoms with E-state index in [1.165, 1.54) is 18.2 Å². The molecule has 1 amide bonds. The van der Waals surface area contributed by atoms with Gasteiger partial charge in [0.2, 0.25) is 5.91 Å². The molecule has 3 aromatic rings. The molecule has 158 valence electrons. The highest BCUT2D eigenvalue weighted by Crippen LogP contribution is 2.30. The Morgan fingerprint density at radius 2 is 1.90 bits per heavy atom. The molecule has 0 saturated carbocycles. The lowest BCUT2D eigenvalue weighted by atomic mass is 9.98. The molecule has 1 aliphatic rings. The average molecular weight is 457 g/mol. The first kappa shape index (κ1) is 21.3. The van der Waals surface area contributed by atoms with Crippen LogP contribution < -0.4 is 10.1 Å². The number of rotatable bonds is 4. The van der Waals surface area contributed by atoms with Gasteiger partial charge in [-0.05, 0) is 72.6 Å². The standard InChI is InChI=1S/C24H19Cl2FN2O2/c1-13-9-14(3-8-22(13)31-2)23-18-12-16(25)4-7-20(18)29-24(30)21(28-23)11-15-10-17(27)5-6-19(15)26/h3-10,12,21H,11H2,1-2H3,(H,29,30). The van der Waals surface area contributed by atoms with Gasteiger partial charge in [-0.15, -0.1) is 0 Å². The Kier molecular flexibility index (Phi) is 5.99. The summed E-state index contributed by atoms with van der Waals surface area (Å²) < 4.78 is 19.1. The number of amides is 1. The van der Waals surface area contributed by atoms with Crippen LogP contribution in [0.4, 0.5) is 10.1 Å². The topological polar surface area (TPSA) is 50.7 Å². The van der Waals surface area contributed by atoms with Crippen molar-refractivity contribution in [1.29, 1.82) is 0 Å². The third kappa shape index (κ3) is 4.43. The number of anilines is 1. The van der Waals surface area contributed by atoms with Crippen LogP contribution in [0.1, 0.15) is 22.3 Å². The lowest BCUT2D eigenvalue weighted by Gasteiger charge is -2.13. The number of fused-ring (bicyclic) bond motifs is 1. The summed E-state index contributed by atoms with van der Waals surface area (Å²) in [5, 5.41) is 3.83. The van der Waals surface area contributed by atoms with Gasteiger partial charge < -0.3 is 10.1 Å². The summed E-state index contributed by atoms with van der Waals surface area (Å²) in [6.45, 7) is 1.94. The first-order valence-electron chi connectivity index (χ1n) is 9.63. The van der Waals surface area contributed by atoms with Gasteiger partial charge in [-0.3, -0.25) is 9.79 Å². The quantitative estimate of drug-likeness (QED) is 0.535. The van der Waals surface area contributed by atoms with E-state index < -0.39 is 11.9 Å². The van der Waals surface area contributed by atoms with Crippen molar-refractivity contribution in [2.24, 2.45) is 4.99 Å². The summed E-state index contributed by atoms with van der Waals surface area (Å²) in [4.78, 5) is 17.8. The highest BCUT2D eigenvalue weighted by molar-refractivity contribution is 6.32. The Morgan fingerprint density at radius 3 is 2.65 bits per heavy atom. The zero-order chi connectivity index (χ0) is 22.1. The van der Waals surface area contributed by atoms with E-state index in [2.05, 4.69) is 5.32 Å². The highest BCUT2D eigenvalue weighted by Gasteiger charge is 2.27. The number of ether oxygens (including phenoxy) is 1. The van der Waals surface area contributed by atoms with Crippen LogP contribution in [0.3, 0.4) is 0 Å². The van der Waals surface area contributed by atoms with E-state index >= 15 is 0 Å². The molecule has 7 heteroatoms. The number of benzene rings is 3. The lowest BCUT2D eigenvalue weighted by Crippen LogP contribution is -2.27. The third-order valence-electron chi connectivity index (χ3n) is 5.17. The minimum absolute atomic E-state index is 0.156. The maximum Gasteiger partial charge on any atom is 0.249 e. The van der Waals surface area contributed by atoms with Crippen LogP contribution in [0.25, 0.3) is 0 Å². The molecule has 0 aliphatic carbocycles. The van der Waals surface area contributed by atoms with Gasteiger partial charge in [-0.25, -0.2) is 4.39 Å². The number of aryl methyl sites for hydroxylation is 1. The van der Waals surface area contributed by atoms with Crippen LogP contribution in [0.15, 0.2) is 59.6 Å². The fraction of sp³-hybridized carbons (Fsp3) is 0.167. The van der Waals surface area contributed by atoms with Crippen LogP contribution in [0.5, 0.6) is 5.75 Å². The number of halogens is 3. The highest BCUT2D eigenvalue weighted by atomic mass is 35.5. The van der Waals surface area contributed by atoms with E-state index in [4.69, 9.17) is 32.9 Å². The second-order valence-corrected chi connectivity index (χ2v) is 8.14. The van der Waals surface area contributed by atoms with Gasteiger partial charge in [-0.2, -0.15) is 0 Å².